The monoisotopic (exact) mass is 416 g/mol. The Labute approximate surface area is 172 Å². The molecule has 1 aliphatic carbocycles. The average molecular weight is 417 g/mol. The van der Waals surface area contributed by atoms with Crippen molar-refractivity contribution in [3.05, 3.63) is 65.7 Å². The van der Waals surface area contributed by atoms with E-state index in [9.17, 15) is 18.3 Å². The van der Waals surface area contributed by atoms with Crippen LogP contribution in [0.1, 0.15) is 50.2 Å². The molecule has 0 aromatic heterocycles. The Kier molecular flexibility index (Phi) is 6.15. The van der Waals surface area contributed by atoms with E-state index < -0.39 is 26.8 Å². The molecule has 0 heterocycles. The van der Waals surface area contributed by atoms with E-state index in [0.717, 1.165) is 17.5 Å². The summed E-state index contributed by atoms with van der Waals surface area (Å²) in [6, 6.07) is 16.2. The minimum absolute atomic E-state index is 0.270. The summed E-state index contributed by atoms with van der Waals surface area (Å²) < 4.78 is 29.9. The second kappa shape index (κ2) is 8.28. The van der Waals surface area contributed by atoms with Crippen LogP contribution in [0.25, 0.3) is 0 Å². The summed E-state index contributed by atoms with van der Waals surface area (Å²) in [5.41, 5.74) is 0.210. The van der Waals surface area contributed by atoms with E-state index in [1.54, 1.807) is 12.1 Å². The van der Waals surface area contributed by atoms with Crippen LogP contribution < -0.4 is 0 Å². The van der Waals surface area contributed by atoms with Crippen LogP contribution in [0.3, 0.4) is 0 Å². The van der Waals surface area contributed by atoms with Crippen LogP contribution in [0.4, 0.5) is 0 Å². The highest BCUT2D eigenvalue weighted by molar-refractivity contribution is 7.90. The molecule has 0 bridgehead atoms. The van der Waals surface area contributed by atoms with Crippen LogP contribution in [-0.2, 0) is 30.4 Å². The maximum absolute atomic E-state index is 12.3. The van der Waals surface area contributed by atoms with Gasteiger partial charge in [0.15, 0.2) is 9.84 Å². The minimum atomic E-state index is -3.27. The molecule has 0 saturated heterocycles. The maximum atomic E-state index is 12.3. The molecule has 29 heavy (non-hydrogen) atoms. The summed E-state index contributed by atoms with van der Waals surface area (Å²) in [4.78, 5) is 12.6. The summed E-state index contributed by atoms with van der Waals surface area (Å²) in [6.45, 7) is 2.61. The van der Waals surface area contributed by atoms with Crippen LogP contribution >= 0.6 is 0 Å². The Bertz CT molecular complexity index is 941. The second-order valence-corrected chi connectivity index (χ2v) is 9.91. The van der Waals surface area contributed by atoms with Gasteiger partial charge in [-0.05, 0) is 55.4 Å². The van der Waals surface area contributed by atoms with Crippen molar-refractivity contribution in [3.8, 4) is 0 Å². The lowest BCUT2D eigenvalue weighted by atomic mass is 9.63. The quantitative estimate of drug-likeness (QED) is 0.727. The molecule has 156 valence electrons. The van der Waals surface area contributed by atoms with Gasteiger partial charge in [0, 0.05) is 12.9 Å². The van der Waals surface area contributed by atoms with Gasteiger partial charge in [-0.1, -0.05) is 49.4 Å². The molecule has 0 radical (unpaired) electrons. The van der Waals surface area contributed by atoms with E-state index in [2.05, 4.69) is 0 Å². The van der Waals surface area contributed by atoms with Gasteiger partial charge in [-0.2, -0.15) is 0 Å². The van der Waals surface area contributed by atoms with Gasteiger partial charge >= 0.3 is 5.97 Å². The van der Waals surface area contributed by atoms with Crippen LogP contribution in [0.5, 0.6) is 0 Å². The second-order valence-electron chi connectivity index (χ2n) is 7.89. The first-order valence-electron chi connectivity index (χ1n) is 9.97. The normalized spacial score (nSPS) is 24.9. The van der Waals surface area contributed by atoms with Gasteiger partial charge in [-0.25, -0.2) is 8.42 Å². The first-order chi connectivity index (χ1) is 13.7. The maximum Gasteiger partial charge on any atom is 0.314 e. The van der Waals surface area contributed by atoms with Crippen molar-refractivity contribution in [3.63, 3.8) is 0 Å². The SMILES string of the molecule is CCCOC1(c2ccc(S(C)(=O)=O)cc2)CCC(C(=O)O)(c2ccccc2)CC1. The van der Waals surface area contributed by atoms with E-state index in [4.69, 9.17) is 4.74 Å². The molecule has 0 amide bonds. The van der Waals surface area contributed by atoms with Crippen LogP contribution in [0.2, 0.25) is 0 Å². The highest BCUT2D eigenvalue weighted by Gasteiger charge is 2.49. The zero-order chi connectivity index (χ0) is 21.1. The van der Waals surface area contributed by atoms with Gasteiger partial charge in [-0.3, -0.25) is 4.79 Å². The lowest BCUT2D eigenvalue weighted by Gasteiger charge is -2.45. The van der Waals surface area contributed by atoms with E-state index in [1.807, 2.05) is 49.4 Å². The van der Waals surface area contributed by atoms with E-state index in [0.29, 0.717) is 32.3 Å². The number of hydrogen-bond acceptors (Lipinski definition) is 4. The average Bonchev–Trinajstić information content (AvgIpc) is 2.72. The Balaban J connectivity index is 1.94. The molecule has 1 fully saturated rings. The number of benzene rings is 2. The van der Waals surface area contributed by atoms with Crippen molar-refractivity contribution in [2.24, 2.45) is 0 Å². The fourth-order valence-corrected chi connectivity index (χ4v) is 4.91. The lowest BCUT2D eigenvalue weighted by Crippen LogP contribution is -2.45. The molecule has 1 saturated carbocycles. The molecule has 2 aromatic rings. The third-order valence-electron chi connectivity index (χ3n) is 6.04. The van der Waals surface area contributed by atoms with E-state index in [1.165, 1.54) is 6.26 Å². The topological polar surface area (TPSA) is 80.7 Å². The number of carbonyl (C=O) groups is 1. The molecule has 0 unspecified atom stereocenters. The van der Waals surface area contributed by atoms with Crippen molar-refractivity contribution in [1.82, 2.24) is 0 Å². The van der Waals surface area contributed by atoms with Crippen molar-refractivity contribution in [2.75, 3.05) is 12.9 Å². The van der Waals surface area contributed by atoms with Crippen LogP contribution in [-0.4, -0.2) is 32.4 Å². The molecule has 5 nitrogen and oxygen atoms in total. The molecule has 0 atom stereocenters. The van der Waals surface area contributed by atoms with Crippen LogP contribution in [0.15, 0.2) is 59.5 Å². The summed E-state index contributed by atoms with van der Waals surface area (Å²) in [6.07, 6.45) is 4.09. The minimum Gasteiger partial charge on any atom is -0.481 e. The summed E-state index contributed by atoms with van der Waals surface area (Å²) in [7, 11) is -3.27. The molecule has 0 spiro atoms. The third kappa shape index (κ3) is 4.23. The molecular weight excluding hydrogens is 388 g/mol. The number of aliphatic carboxylic acids is 1. The summed E-state index contributed by atoms with van der Waals surface area (Å²) in [5.74, 6) is -0.805. The summed E-state index contributed by atoms with van der Waals surface area (Å²) >= 11 is 0. The van der Waals surface area contributed by atoms with E-state index in [-0.39, 0.29) is 4.90 Å². The molecular formula is C23H28O5S. The van der Waals surface area contributed by atoms with Gasteiger partial charge in [0.2, 0.25) is 0 Å². The first-order valence-corrected chi connectivity index (χ1v) is 11.9. The number of ether oxygens (including phenoxy) is 1. The highest BCUT2D eigenvalue weighted by atomic mass is 32.2. The number of carboxylic acid groups (broad SMARTS) is 1. The molecule has 6 heteroatoms. The highest BCUT2D eigenvalue weighted by Crippen LogP contribution is 2.49. The Hall–Kier alpha value is -2.18. The van der Waals surface area contributed by atoms with Gasteiger partial charge in [0.25, 0.3) is 0 Å². The van der Waals surface area contributed by atoms with E-state index >= 15 is 0 Å². The predicted octanol–water partition coefficient (Wildman–Crippen LogP) is 4.31. The zero-order valence-electron chi connectivity index (χ0n) is 16.9. The predicted molar refractivity (Wildman–Crippen MR) is 112 cm³/mol. The van der Waals surface area contributed by atoms with Gasteiger partial charge < -0.3 is 9.84 Å². The number of hydrogen-bond donors (Lipinski definition) is 1. The molecule has 0 aliphatic heterocycles. The molecule has 2 aromatic carbocycles. The summed E-state index contributed by atoms with van der Waals surface area (Å²) in [5, 5.41) is 10.1. The standard InChI is InChI=1S/C23H28O5S/c1-3-17-28-23(19-9-11-20(12-10-19)29(2,26)27)15-13-22(14-16-23,21(24)25)18-7-5-4-6-8-18/h4-12H,3,13-17H2,1-2H3,(H,24,25). The Morgan fingerprint density at radius 1 is 0.966 bits per heavy atom. The lowest BCUT2D eigenvalue weighted by molar-refractivity contribution is -0.150. The van der Waals surface area contributed by atoms with Crippen molar-refractivity contribution < 1.29 is 23.1 Å². The van der Waals surface area contributed by atoms with Gasteiger partial charge in [-0.15, -0.1) is 0 Å². The van der Waals surface area contributed by atoms with Crippen molar-refractivity contribution in [1.29, 1.82) is 0 Å². The van der Waals surface area contributed by atoms with Crippen LogP contribution in [0, 0.1) is 0 Å². The number of sulfone groups is 1. The largest absolute Gasteiger partial charge is 0.481 e. The molecule has 1 aliphatic rings. The molecule has 1 N–H and O–H groups in total. The smallest absolute Gasteiger partial charge is 0.314 e. The fourth-order valence-electron chi connectivity index (χ4n) is 4.28. The number of carboxylic acids is 1. The third-order valence-corrected chi connectivity index (χ3v) is 7.17. The first kappa shape index (κ1) is 21.5. The zero-order valence-corrected chi connectivity index (χ0v) is 17.7. The van der Waals surface area contributed by atoms with Gasteiger partial charge in [0.1, 0.15) is 0 Å². The Morgan fingerprint density at radius 2 is 1.55 bits per heavy atom. The number of rotatable bonds is 7. The van der Waals surface area contributed by atoms with Crippen molar-refractivity contribution in [2.45, 2.75) is 54.9 Å². The van der Waals surface area contributed by atoms with Crippen molar-refractivity contribution >= 4 is 15.8 Å². The fraction of sp³-hybridized carbons (Fsp3) is 0.435. The van der Waals surface area contributed by atoms with Gasteiger partial charge in [0.05, 0.1) is 15.9 Å². The Morgan fingerprint density at radius 3 is 2.03 bits per heavy atom. The molecule has 3 rings (SSSR count).